The Kier molecular flexibility index (Phi) is 0.708. The number of hydrogen-bond acceptors (Lipinski definition) is 2. The minimum atomic E-state index is -0.120. The van der Waals surface area contributed by atoms with E-state index < -0.39 is 0 Å². The molecule has 1 aliphatic heterocycles. The molecule has 0 aromatic heterocycles. The van der Waals surface area contributed by atoms with Crippen LogP contribution in [0.3, 0.4) is 0 Å². The molecule has 0 fully saturated rings. The first-order chi connectivity index (χ1) is 2.89. The lowest BCUT2D eigenvalue weighted by Gasteiger charge is -1.97. The standard InChI is InChI=1S/C4H5O2/c1-4-5-2-3-6-4/h2,4H,1H3. The molecule has 0 aromatic carbocycles. The molecule has 1 atom stereocenters. The van der Waals surface area contributed by atoms with Crippen LogP contribution < -0.4 is 0 Å². The van der Waals surface area contributed by atoms with Crippen LogP contribution in [0, 0.1) is 6.26 Å². The third-order valence-electron chi connectivity index (χ3n) is 0.542. The fourth-order valence-corrected chi connectivity index (χ4v) is 0.275. The number of ether oxygens (including phenoxy) is 2. The Morgan fingerprint density at radius 2 is 2.67 bits per heavy atom. The highest BCUT2D eigenvalue weighted by molar-refractivity contribution is 4.59. The molecule has 0 bridgehead atoms. The molecule has 0 N–H and O–H groups in total. The first kappa shape index (κ1) is 3.53. The average molecular weight is 85.1 g/mol. The fourth-order valence-electron chi connectivity index (χ4n) is 0.275. The lowest BCUT2D eigenvalue weighted by Crippen LogP contribution is -1.97. The van der Waals surface area contributed by atoms with Crippen LogP contribution in [0.2, 0.25) is 0 Å². The summed E-state index contributed by atoms with van der Waals surface area (Å²) in [7, 11) is 0. The average Bonchev–Trinajstić information content (AvgIpc) is 1.86. The SMILES string of the molecule is CC1O[C]=CO1. The van der Waals surface area contributed by atoms with Gasteiger partial charge in [-0.2, -0.15) is 0 Å². The Balaban J connectivity index is 2.32. The number of hydrogen-bond donors (Lipinski definition) is 0. The van der Waals surface area contributed by atoms with Gasteiger partial charge in [0, 0.05) is 6.92 Å². The Hall–Kier alpha value is -0.660. The molecule has 0 aromatic rings. The van der Waals surface area contributed by atoms with Gasteiger partial charge in [0.2, 0.25) is 12.6 Å². The Morgan fingerprint density at radius 1 is 1.83 bits per heavy atom. The summed E-state index contributed by atoms with van der Waals surface area (Å²) in [6, 6.07) is 0. The van der Waals surface area contributed by atoms with Gasteiger partial charge in [-0.15, -0.1) is 0 Å². The lowest BCUT2D eigenvalue weighted by molar-refractivity contribution is -0.0113. The topological polar surface area (TPSA) is 18.5 Å². The maximum atomic E-state index is 4.69. The van der Waals surface area contributed by atoms with E-state index in [4.69, 9.17) is 4.74 Å². The molecule has 2 heteroatoms. The highest BCUT2D eigenvalue weighted by Crippen LogP contribution is 2.00. The summed E-state index contributed by atoms with van der Waals surface area (Å²) >= 11 is 0. The van der Waals surface area contributed by atoms with Crippen LogP contribution in [-0.2, 0) is 9.47 Å². The van der Waals surface area contributed by atoms with Crippen molar-refractivity contribution >= 4 is 0 Å². The van der Waals surface area contributed by atoms with Crippen LogP contribution in [0.15, 0.2) is 6.26 Å². The van der Waals surface area contributed by atoms with Crippen LogP contribution in [0.4, 0.5) is 0 Å². The van der Waals surface area contributed by atoms with E-state index in [1.807, 2.05) is 0 Å². The Bertz CT molecular complexity index is 59.9. The minimum absolute atomic E-state index is 0.120. The molecule has 1 rings (SSSR count). The highest BCUT2D eigenvalue weighted by Gasteiger charge is 2.01. The third kappa shape index (κ3) is 0.455. The molecule has 1 unspecified atom stereocenters. The van der Waals surface area contributed by atoms with Crippen molar-refractivity contribution in [3.8, 4) is 0 Å². The zero-order valence-corrected chi connectivity index (χ0v) is 3.47. The molecule has 1 aliphatic rings. The van der Waals surface area contributed by atoms with Gasteiger partial charge in [-0.05, 0) is 0 Å². The predicted molar refractivity (Wildman–Crippen MR) is 19.4 cm³/mol. The summed E-state index contributed by atoms with van der Waals surface area (Å²) in [4.78, 5) is 0. The second kappa shape index (κ2) is 1.20. The predicted octanol–water partition coefficient (Wildman–Crippen LogP) is 0.654. The summed E-state index contributed by atoms with van der Waals surface area (Å²) < 4.78 is 9.32. The quantitative estimate of drug-likeness (QED) is 0.430. The molecule has 6 heavy (non-hydrogen) atoms. The van der Waals surface area contributed by atoms with Crippen molar-refractivity contribution in [2.45, 2.75) is 13.2 Å². The summed E-state index contributed by atoms with van der Waals surface area (Å²) in [6.45, 7) is 1.80. The molecule has 1 heterocycles. The monoisotopic (exact) mass is 85.0 g/mol. The van der Waals surface area contributed by atoms with Crippen LogP contribution in [0.25, 0.3) is 0 Å². The van der Waals surface area contributed by atoms with Crippen molar-refractivity contribution < 1.29 is 9.47 Å². The van der Waals surface area contributed by atoms with Crippen molar-refractivity contribution in [1.82, 2.24) is 0 Å². The summed E-state index contributed by atoms with van der Waals surface area (Å²) in [5.41, 5.74) is 0. The Morgan fingerprint density at radius 3 is 2.83 bits per heavy atom. The highest BCUT2D eigenvalue weighted by atomic mass is 16.7. The van der Waals surface area contributed by atoms with Gasteiger partial charge in [-0.3, -0.25) is 0 Å². The smallest absolute Gasteiger partial charge is 0.238 e. The normalized spacial score (nSPS) is 20.2. The summed E-state index contributed by atoms with van der Waals surface area (Å²) in [5.74, 6) is 0. The largest absolute Gasteiger partial charge is 0.459 e. The Labute approximate surface area is 36.4 Å². The van der Waals surface area contributed by atoms with Crippen LogP contribution in [-0.4, -0.2) is 6.29 Å². The van der Waals surface area contributed by atoms with Gasteiger partial charge in [0.05, 0.1) is 0 Å². The zero-order chi connectivity index (χ0) is 4.41. The van der Waals surface area contributed by atoms with Gasteiger partial charge in [0.1, 0.15) is 6.26 Å². The van der Waals surface area contributed by atoms with E-state index in [0.717, 1.165) is 0 Å². The van der Waals surface area contributed by atoms with E-state index in [1.165, 1.54) is 6.26 Å². The third-order valence-corrected chi connectivity index (χ3v) is 0.542. The molecular formula is C4H5O2. The van der Waals surface area contributed by atoms with Crippen molar-refractivity contribution in [2.24, 2.45) is 0 Å². The maximum absolute atomic E-state index is 4.69. The number of rotatable bonds is 0. The van der Waals surface area contributed by atoms with E-state index in [9.17, 15) is 0 Å². The fraction of sp³-hybridized carbons (Fsp3) is 0.500. The van der Waals surface area contributed by atoms with Gasteiger partial charge < -0.3 is 9.47 Å². The molecule has 0 saturated carbocycles. The maximum Gasteiger partial charge on any atom is 0.238 e. The van der Waals surface area contributed by atoms with Crippen molar-refractivity contribution in [1.29, 1.82) is 0 Å². The summed E-state index contributed by atoms with van der Waals surface area (Å²) in [6.07, 6.45) is 3.71. The van der Waals surface area contributed by atoms with E-state index in [1.54, 1.807) is 6.92 Å². The molecule has 0 spiro atoms. The van der Waals surface area contributed by atoms with Crippen LogP contribution in [0.1, 0.15) is 6.92 Å². The van der Waals surface area contributed by atoms with E-state index in [0.29, 0.717) is 0 Å². The van der Waals surface area contributed by atoms with E-state index >= 15 is 0 Å². The molecule has 0 aliphatic carbocycles. The molecule has 0 amide bonds. The van der Waals surface area contributed by atoms with E-state index in [-0.39, 0.29) is 6.29 Å². The first-order valence-electron chi connectivity index (χ1n) is 1.78. The zero-order valence-electron chi connectivity index (χ0n) is 3.47. The van der Waals surface area contributed by atoms with E-state index in [2.05, 4.69) is 11.0 Å². The molecule has 0 saturated heterocycles. The molecule has 1 radical (unpaired) electrons. The van der Waals surface area contributed by atoms with Crippen LogP contribution in [0.5, 0.6) is 0 Å². The van der Waals surface area contributed by atoms with Gasteiger partial charge in [-0.25, -0.2) is 0 Å². The lowest BCUT2D eigenvalue weighted by atomic mass is 10.8. The van der Waals surface area contributed by atoms with Gasteiger partial charge in [0.15, 0.2) is 0 Å². The molecule has 33 valence electrons. The summed E-state index contributed by atoms with van der Waals surface area (Å²) in [5, 5.41) is 0. The van der Waals surface area contributed by atoms with Crippen molar-refractivity contribution in [3.05, 3.63) is 12.5 Å². The van der Waals surface area contributed by atoms with Gasteiger partial charge in [0.25, 0.3) is 0 Å². The van der Waals surface area contributed by atoms with Crippen molar-refractivity contribution in [3.63, 3.8) is 0 Å². The van der Waals surface area contributed by atoms with Gasteiger partial charge >= 0.3 is 0 Å². The molecular weight excluding hydrogens is 80.0 g/mol. The van der Waals surface area contributed by atoms with Crippen LogP contribution >= 0.6 is 0 Å². The minimum Gasteiger partial charge on any atom is -0.459 e. The van der Waals surface area contributed by atoms with Gasteiger partial charge in [-0.1, -0.05) is 0 Å². The second-order valence-electron chi connectivity index (χ2n) is 1.06. The molecule has 2 nitrogen and oxygen atoms in total. The van der Waals surface area contributed by atoms with Crippen molar-refractivity contribution in [2.75, 3.05) is 0 Å². The first-order valence-corrected chi connectivity index (χ1v) is 1.78. The second-order valence-corrected chi connectivity index (χ2v) is 1.06.